The van der Waals surface area contributed by atoms with Crippen molar-refractivity contribution in [1.82, 2.24) is 0 Å². The van der Waals surface area contributed by atoms with Crippen molar-refractivity contribution in [1.29, 1.82) is 0 Å². The summed E-state index contributed by atoms with van der Waals surface area (Å²) in [5.74, 6) is -7.67. The molecule has 0 aliphatic carbocycles. The molecule has 0 aromatic heterocycles. The molecule has 0 aliphatic heterocycles. The number of carbonyl (C=O) groups is 2. The summed E-state index contributed by atoms with van der Waals surface area (Å²) >= 11 is 0. The van der Waals surface area contributed by atoms with E-state index < -0.39 is 46.4 Å². The Hall–Kier alpha value is -3.33. The van der Waals surface area contributed by atoms with Crippen molar-refractivity contribution in [3.63, 3.8) is 0 Å². The van der Waals surface area contributed by atoms with Crippen LogP contribution < -0.4 is 10.2 Å². The zero-order chi connectivity index (χ0) is 18.6. The smallest absolute Gasteiger partial charge is 0.867 e. The van der Waals surface area contributed by atoms with Crippen LogP contribution in [0, 0.1) is 0 Å². The zero-order valence-corrected chi connectivity index (χ0v) is 12.9. The van der Waals surface area contributed by atoms with Crippen LogP contribution in [0.4, 0.5) is 0 Å². The van der Waals surface area contributed by atoms with E-state index in [9.17, 15) is 19.8 Å². The molecule has 0 atom stereocenters. The van der Waals surface area contributed by atoms with Crippen molar-refractivity contribution in [3.8, 4) is 34.5 Å². The molecule has 25 heavy (non-hydrogen) atoms. The second-order valence-electron chi connectivity index (χ2n) is 4.30. The van der Waals surface area contributed by atoms with Crippen LogP contribution in [0.3, 0.4) is 0 Å². The second kappa shape index (κ2) is 8.50. The maximum atomic E-state index is 10.7. The first-order chi connectivity index (χ1) is 11.0. The normalized spacial score (nSPS) is 9.28. The van der Waals surface area contributed by atoms with E-state index in [0.717, 1.165) is 24.3 Å². The number of carboxylic acid groups (broad SMARTS) is 2. The average Bonchev–Trinajstić information content (AvgIpc) is 2.49. The summed E-state index contributed by atoms with van der Waals surface area (Å²) in [6, 6.07) is 3.13. The van der Waals surface area contributed by atoms with E-state index in [1.54, 1.807) is 0 Å². The fraction of sp³-hybridized carbons (Fsp3) is 0. The molecular weight excluding hydrogens is 387 g/mol. The summed E-state index contributed by atoms with van der Waals surface area (Å²) in [5, 5.41) is 73.3. The molecule has 0 bridgehead atoms. The fourth-order valence-electron chi connectivity index (χ4n) is 1.44. The van der Waals surface area contributed by atoms with Crippen molar-refractivity contribution in [2.24, 2.45) is 0 Å². The molecule has 0 saturated heterocycles. The topological polar surface area (TPSA) is 202 Å². The Morgan fingerprint density at radius 1 is 0.640 bits per heavy atom. The van der Waals surface area contributed by atoms with Crippen LogP contribution in [0.25, 0.3) is 0 Å². The molecule has 0 heterocycles. The Kier molecular flexibility index (Phi) is 7.37. The number of hydrogen-bond donors (Lipinski definition) is 6. The number of rotatable bonds is 2. The van der Waals surface area contributed by atoms with Gasteiger partial charge in [-0.25, -0.2) is 9.59 Å². The summed E-state index contributed by atoms with van der Waals surface area (Å²) in [7, 11) is 0. The minimum absolute atomic E-state index is 0. The summed E-state index contributed by atoms with van der Waals surface area (Å²) in [5.41, 5.74) is -0.658. The molecule has 11 heteroatoms. The third-order valence-corrected chi connectivity index (χ3v) is 2.59. The van der Waals surface area contributed by atoms with Crippen molar-refractivity contribution < 1.29 is 66.9 Å². The van der Waals surface area contributed by atoms with Gasteiger partial charge in [-0.05, 0) is 35.8 Å². The molecule has 136 valence electrons. The Balaban J connectivity index is 0.000000443. The van der Waals surface area contributed by atoms with Crippen molar-refractivity contribution in [3.05, 3.63) is 35.4 Å². The van der Waals surface area contributed by atoms with Gasteiger partial charge in [0.15, 0.2) is 0 Å². The number of hydrogen-bond acceptors (Lipinski definition) is 8. The van der Waals surface area contributed by atoms with E-state index in [2.05, 4.69) is 0 Å². The van der Waals surface area contributed by atoms with Gasteiger partial charge in [-0.2, -0.15) is 0 Å². The van der Waals surface area contributed by atoms with Crippen molar-refractivity contribution in [2.45, 2.75) is 0 Å². The number of phenols is 4. The molecule has 2 rings (SSSR count). The van der Waals surface area contributed by atoms with Crippen LogP contribution in [0.5, 0.6) is 34.5 Å². The molecule has 10 nitrogen and oxygen atoms in total. The van der Waals surface area contributed by atoms with E-state index >= 15 is 0 Å². The first-order valence-corrected chi connectivity index (χ1v) is 5.97. The van der Waals surface area contributed by atoms with E-state index in [1.165, 1.54) is 0 Å². The van der Waals surface area contributed by atoms with Crippen LogP contribution in [-0.4, -0.2) is 42.6 Å². The van der Waals surface area contributed by atoms with E-state index in [-0.39, 0.29) is 27.6 Å². The third kappa shape index (κ3) is 5.36. The summed E-state index contributed by atoms with van der Waals surface area (Å²) in [4.78, 5) is 20.6. The van der Waals surface area contributed by atoms with Crippen molar-refractivity contribution in [2.75, 3.05) is 0 Å². The predicted octanol–water partition coefficient (Wildman–Crippen LogP) is -0.263. The molecular formula is C14H10NiO10. The SMILES string of the molecule is O=C(O)c1cc(O)c([O-])c(O)c1.O=C(O)c1cc(O)c([O-])c(O)c1.[Ni+2]. The Morgan fingerprint density at radius 2 is 0.840 bits per heavy atom. The maximum absolute atomic E-state index is 10.7. The molecule has 0 radical (unpaired) electrons. The van der Waals surface area contributed by atoms with Gasteiger partial charge in [0.25, 0.3) is 0 Å². The molecule has 6 N–H and O–H groups in total. The first-order valence-electron chi connectivity index (χ1n) is 5.97. The van der Waals surface area contributed by atoms with Crippen LogP contribution in [-0.2, 0) is 16.5 Å². The molecule has 0 spiro atoms. The van der Waals surface area contributed by atoms with Gasteiger partial charge in [0.1, 0.15) is 23.0 Å². The van der Waals surface area contributed by atoms with Gasteiger partial charge in [0, 0.05) is 0 Å². The molecule has 2 aromatic rings. The molecule has 0 saturated carbocycles. The monoisotopic (exact) mass is 396 g/mol. The molecule has 0 unspecified atom stereocenters. The Morgan fingerprint density at radius 3 is 1.00 bits per heavy atom. The van der Waals surface area contributed by atoms with E-state index in [1.807, 2.05) is 0 Å². The van der Waals surface area contributed by atoms with Crippen LogP contribution in [0.1, 0.15) is 20.7 Å². The van der Waals surface area contributed by atoms with E-state index in [4.69, 9.17) is 30.6 Å². The molecule has 0 fully saturated rings. The zero-order valence-electron chi connectivity index (χ0n) is 11.9. The van der Waals surface area contributed by atoms with Gasteiger partial charge >= 0.3 is 28.4 Å². The standard InChI is InChI=1S/2C7H6O5.Ni/c2*8-4-1-3(7(11)12)2-5(9)6(4)10;/h2*1-2,8-10H,(H,11,12);/q;;+2/p-2. The predicted molar refractivity (Wildman–Crippen MR) is 72.4 cm³/mol. The summed E-state index contributed by atoms with van der Waals surface area (Å²) in [6.07, 6.45) is 0. The Bertz CT molecular complexity index is 689. The quantitative estimate of drug-likeness (QED) is 0.367. The number of aromatic hydroxyl groups is 4. The fourth-order valence-corrected chi connectivity index (χ4v) is 1.44. The van der Waals surface area contributed by atoms with Gasteiger partial charge in [-0.1, -0.05) is 0 Å². The largest absolute Gasteiger partial charge is 2.00 e. The van der Waals surface area contributed by atoms with Gasteiger partial charge < -0.3 is 40.9 Å². The van der Waals surface area contributed by atoms with Crippen LogP contribution in [0.15, 0.2) is 24.3 Å². The number of aromatic carboxylic acids is 2. The Labute approximate surface area is 149 Å². The van der Waals surface area contributed by atoms with Gasteiger partial charge in [0.05, 0.1) is 11.1 Å². The third-order valence-electron chi connectivity index (χ3n) is 2.59. The van der Waals surface area contributed by atoms with Crippen LogP contribution >= 0.6 is 0 Å². The van der Waals surface area contributed by atoms with Gasteiger partial charge in [-0.3, -0.25) is 0 Å². The number of phenolic OH excluding ortho intramolecular Hbond substituents is 4. The summed E-state index contributed by atoms with van der Waals surface area (Å²) < 4.78 is 0. The first kappa shape index (κ1) is 21.7. The molecule has 0 aliphatic rings. The van der Waals surface area contributed by atoms with Gasteiger partial charge in [-0.15, -0.1) is 0 Å². The second-order valence-corrected chi connectivity index (χ2v) is 4.30. The minimum atomic E-state index is -1.32. The maximum Gasteiger partial charge on any atom is 2.00 e. The number of benzene rings is 2. The molecule has 0 amide bonds. The van der Waals surface area contributed by atoms with Crippen LogP contribution in [0.2, 0.25) is 0 Å². The molecule has 2 aromatic carbocycles. The summed E-state index contributed by atoms with van der Waals surface area (Å²) in [6.45, 7) is 0. The number of carboxylic acids is 2. The minimum Gasteiger partial charge on any atom is -0.867 e. The van der Waals surface area contributed by atoms with Crippen molar-refractivity contribution >= 4 is 11.9 Å². The average molecular weight is 397 g/mol. The van der Waals surface area contributed by atoms with E-state index in [0.29, 0.717) is 0 Å². The van der Waals surface area contributed by atoms with Gasteiger partial charge in [0.2, 0.25) is 0 Å².